The van der Waals surface area contributed by atoms with Gasteiger partial charge in [0.05, 0.1) is 0 Å². The molecule has 0 spiro atoms. The monoisotopic (exact) mass is 382 g/mol. The summed E-state index contributed by atoms with van der Waals surface area (Å²) in [4.78, 5) is 26.1. The van der Waals surface area contributed by atoms with Gasteiger partial charge in [-0.25, -0.2) is 0 Å². The van der Waals surface area contributed by atoms with Crippen molar-refractivity contribution >= 4 is 34.8 Å². The first-order chi connectivity index (χ1) is 12.6. The van der Waals surface area contributed by atoms with Crippen LogP contribution in [0.2, 0.25) is 0 Å². The highest BCUT2D eigenvalue weighted by Gasteiger charge is 2.68. The van der Waals surface area contributed by atoms with Crippen LogP contribution in [-0.4, -0.2) is 23.3 Å². The molecule has 0 N–H and O–H groups in total. The Morgan fingerprint density at radius 2 is 0.962 bits per heavy atom. The minimum absolute atomic E-state index is 0.0336. The van der Waals surface area contributed by atoms with E-state index >= 15 is 0 Å². The van der Waals surface area contributed by atoms with Gasteiger partial charge in [0.1, 0.15) is 0 Å². The van der Waals surface area contributed by atoms with Crippen molar-refractivity contribution < 1.29 is 9.59 Å². The Morgan fingerprint density at radius 3 is 1.23 bits per heavy atom. The van der Waals surface area contributed by atoms with Crippen LogP contribution in [0.15, 0.2) is 60.7 Å². The highest BCUT2D eigenvalue weighted by Crippen LogP contribution is 2.65. The third-order valence-electron chi connectivity index (χ3n) is 6.62. The minimum atomic E-state index is -0.704. The maximum Gasteiger partial charge on any atom is 0.160 e. The van der Waals surface area contributed by atoms with E-state index in [2.05, 4.69) is 0 Å². The smallest absolute Gasteiger partial charge is 0.160 e. The third-order valence-corrected chi connectivity index (χ3v) is 7.46. The van der Waals surface area contributed by atoms with Crippen molar-refractivity contribution in [3.63, 3.8) is 0 Å². The van der Waals surface area contributed by atoms with Gasteiger partial charge in [0, 0.05) is 34.4 Å². The Balaban J connectivity index is 2.02. The molecule has 0 aromatic heterocycles. The van der Waals surface area contributed by atoms with Crippen molar-refractivity contribution in [1.29, 1.82) is 0 Å². The zero-order valence-electron chi connectivity index (χ0n) is 13.9. The molecular weight excluding hydrogens is 367 g/mol. The van der Waals surface area contributed by atoms with Crippen molar-refractivity contribution in [3.8, 4) is 0 Å². The molecule has 4 aliphatic rings. The average Bonchev–Trinajstić information content (AvgIpc) is 2.70. The number of ketones is 2. The van der Waals surface area contributed by atoms with Crippen LogP contribution >= 0.6 is 23.2 Å². The fraction of sp³-hybridized carbons (Fsp3) is 0.273. The van der Waals surface area contributed by atoms with Gasteiger partial charge in [-0.2, -0.15) is 0 Å². The summed E-state index contributed by atoms with van der Waals surface area (Å²) in [7, 11) is 0. The summed E-state index contributed by atoms with van der Waals surface area (Å²) < 4.78 is 0. The summed E-state index contributed by atoms with van der Waals surface area (Å²) >= 11 is 13.2. The normalized spacial score (nSPS) is 33.6. The van der Waals surface area contributed by atoms with E-state index in [1.807, 2.05) is 48.5 Å². The van der Waals surface area contributed by atoms with E-state index in [1.165, 1.54) is 12.2 Å². The molecule has 2 aromatic carbocycles. The van der Waals surface area contributed by atoms with Crippen LogP contribution in [0.25, 0.3) is 0 Å². The molecule has 2 nitrogen and oxygen atoms in total. The number of halogens is 2. The lowest BCUT2D eigenvalue weighted by Gasteiger charge is -2.62. The maximum absolute atomic E-state index is 13.1. The molecule has 2 atom stereocenters. The van der Waals surface area contributed by atoms with Crippen LogP contribution in [0.1, 0.15) is 22.3 Å². The highest BCUT2D eigenvalue weighted by atomic mass is 35.5. The number of carbonyl (C=O) groups excluding carboxylic acids is 2. The Bertz CT molecular complexity index is 866. The summed E-state index contributed by atoms with van der Waals surface area (Å²) in [5.74, 6) is -0.606. The summed E-state index contributed by atoms with van der Waals surface area (Å²) in [5.41, 5.74) is 2.73. The molecule has 0 amide bonds. The van der Waals surface area contributed by atoms with Gasteiger partial charge in [-0.15, -0.1) is 23.2 Å². The fourth-order valence-corrected chi connectivity index (χ4v) is 6.60. The number of rotatable bonds is 2. The zero-order chi connectivity index (χ0) is 18.1. The number of benzene rings is 2. The second-order valence-electron chi connectivity index (χ2n) is 7.39. The van der Waals surface area contributed by atoms with Gasteiger partial charge in [-0.1, -0.05) is 48.5 Å². The van der Waals surface area contributed by atoms with Crippen LogP contribution in [0, 0.1) is 11.8 Å². The summed E-state index contributed by atoms with van der Waals surface area (Å²) in [6.45, 7) is 0. The molecule has 2 unspecified atom stereocenters. The SMILES string of the molecule is O=C1C=CC(=O)C2C1C1(CCl)c3ccccc3C2(CCl)c2ccccc21. The van der Waals surface area contributed by atoms with Gasteiger partial charge in [-0.3, -0.25) is 9.59 Å². The van der Waals surface area contributed by atoms with Crippen LogP contribution < -0.4 is 0 Å². The molecule has 130 valence electrons. The van der Waals surface area contributed by atoms with E-state index < -0.39 is 22.7 Å². The lowest BCUT2D eigenvalue weighted by atomic mass is 9.40. The van der Waals surface area contributed by atoms with Crippen LogP contribution in [0.4, 0.5) is 0 Å². The topological polar surface area (TPSA) is 34.1 Å². The molecule has 2 bridgehead atoms. The Hall–Kier alpha value is -1.90. The van der Waals surface area contributed by atoms with Crippen molar-refractivity contribution in [2.75, 3.05) is 11.8 Å². The van der Waals surface area contributed by atoms with Gasteiger partial charge < -0.3 is 0 Å². The van der Waals surface area contributed by atoms with Gasteiger partial charge >= 0.3 is 0 Å². The van der Waals surface area contributed by atoms with Crippen molar-refractivity contribution in [3.05, 3.63) is 82.9 Å². The summed E-state index contributed by atoms with van der Waals surface area (Å²) in [6.07, 6.45) is 2.84. The van der Waals surface area contributed by atoms with E-state index in [0.717, 1.165) is 22.3 Å². The second kappa shape index (κ2) is 5.31. The second-order valence-corrected chi connectivity index (χ2v) is 7.93. The molecule has 0 saturated heterocycles. The molecule has 26 heavy (non-hydrogen) atoms. The predicted octanol–water partition coefficient (Wildman–Crippen LogP) is 4.00. The van der Waals surface area contributed by atoms with Crippen LogP contribution in [0.3, 0.4) is 0 Å². The van der Waals surface area contributed by atoms with E-state index in [9.17, 15) is 9.59 Å². The van der Waals surface area contributed by atoms with Gasteiger partial charge in [0.15, 0.2) is 11.6 Å². The fourth-order valence-electron chi connectivity index (χ4n) is 5.69. The summed E-state index contributed by atoms with van der Waals surface area (Å²) in [5, 5.41) is 0. The average molecular weight is 383 g/mol. The van der Waals surface area contributed by atoms with E-state index in [4.69, 9.17) is 23.2 Å². The Kier molecular flexibility index (Phi) is 3.33. The van der Waals surface area contributed by atoms with Gasteiger partial charge in [-0.05, 0) is 34.4 Å². The molecule has 0 fully saturated rings. The van der Waals surface area contributed by atoms with Gasteiger partial charge in [0.25, 0.3) is 0 Å². The quantitative estimate of drug-likeness (QED) is 0.735. The highest BCUT2D eigenvalue weighted by molar-refractivity contribution is 6.22. The van der Waals surface area contributed by atoms with Crippen LogP contribution in [0.5, 0.6) is 0 Å². The first kappa shape index (κ1) is 16.3. The minimum Gasteiger partial charge on any atom is -0.294 e. The number of alkyl halides is 2. The Labute approximate surface area is 161 Å². The lowest BCUT2D eigenvalue weighted by molar-refractivity contribution is -0.134. The molecule has 6 rings (SSSR count). The number of allylic oxidation sites excluding steroid dienone is 2. The summed E-state index contributed by atoms with van der Waals surface area (Å²) in [6, 6.07) is 16.1. The maximum atomic E-state index is 13.1. The van der Waals surface area contributed by atoms with Gasteiger partial charge in [0.2, 0.25) is 0 Å². The van der Waals surface area contributed by atoms with Crippen LogP contribution in [-0.2, 0) is 20.4 Å². The Morgan fingerprint density at radius 1 is 0.654 bits per heavy atom. The third kappa shape index (κ3) is 1.57. The van der Waals surface area contributed by atoms with E-state index in [0.29, 0.717) is 0 Å². The molecule has 4 heteroatoms. The van der Waals surface area contributed by atoms with E-state index in [1.54, 1.807) is 0 Å². The zero-order valence-corrected chi connectivity index (χ0v) is 15.4. The molecule has 0 radical (unpaired) electrons. The first-order valence-electron chi connectivity index (χ1n) is 8.70. The number of carbonyl (C=O) groups is 2. The molecular formula is C22H16Cl2O2. The lowest BCUT2D eigenvalue weighted by Crippen LogP contribution is -2.66. The van der Waals surface area contributed by atoms with Crippen molar-refractivity contribution in [2.45, 2.75) is 10.8 Å². The van der Waals surface area contributed by atoms with Crippen molar-refractivity contribution in [2.24, 2.45) is 11.8 Å². The predicted molar refractivity (Wildman–Crippen MR) is 102 cm³/mol. The molecule has 0 aliphatic heterocycles. The molecule has 0 heterocycles. The van der Waals surface area contributed by atoms with E-state index in [-0.39, 0.29) is 23.3 Å². The first-order valence-corrected chi connectivity index (χ1v) is 9.77. The molecule has 0 saturated carbocycles. The van der Waals surface area contributed by atoms with Crippen molar-refractivity contribution in [1.82, 2.24) is 0 Å². The standard InChI is InChI=1S/C22H16Cl2O2/c23-11-21-13-5-1-2-6-14(13)22(12-24,16-8-4-3-7-15(16)21)20-18(26)10-9-17(25)19(20)21/h1-10,19-20H,11-12H2. The molecule has 4 aliphatic carbocycles. The largest absolute Gasteiger partial charge is 0.294 e. The number of hydrogen-bond acceptors (Lipinski definition) is 2. The number of hydrogen-bond donors (Lipinski definition) is 0. The molecule has 2 aromatic rings.